The fourth-order valence-corrected chi connectivity index (χ4v) is 5.61. The Morgan fingerprint density at radius 1 is 1.20 bits per heavy atom. The molecule has 0 spiro atoms. The van der Waals surface area contributed by atoms with Crippen molar-refractivity contribution < 1.29 is 52.3 Å². The second-order valence-corrected chi connectivity index (χ2v) is 12.5. The van der Waals surface area contributed by atoms with Crippen molar-refractivity contribution in [3.05, 3.63) is 56.5 Å². The predicted octanol–water partition coefficient (Wildman–Crippen LogP) is -1.15. The van der Waals surface area contributed by atoms with E-state index in [1.165, 1.54) is 12.1 Å². The van der Waals surface area contributed by atoms with Gasteiger partial charge in [0.05, 0.1) is 17.5 Å². The topological polar surface area (TPSA) is 253 Å². The van der Waals surface area contributed by atoms with Crippen molar-refractivity contribution in [3.8, 4) is 11.5 Å². The number of carbonyl (C=O) groups excluding carboxylic acids is 4. The van der Waals surface area contributed by atoms with E-state index in [1.54, 1.807) is 6.07 Å². The summed E-state index contributed by atoms with van der Waals surface area (Å²) in [6, 6.07) is 1.34. The summed E-state index contributed by atoms with van der Waals surface area (Å²) >= 11 is 6.12. The van der Waals surface area contributed by atoms with Crippen molar-refractivity contribution in [1.82, 2.24) is 24.8 Å². The third-order valence-electron chi connectivity index (χ3n) is 7.13. The van der Waals surface area contributed by atoms with E-state index in [4.69, 9.17) is 16.3 Å². The number of hydrogen-bond donors (Lipinski definition) is 6. The van der Waals surface area contributed by atoms with Gasteiger partial charge in [0.15, 0.2) is 11.5 Å². The van der Waals surface area contributed by atoms with Gasteiger partial charge < -0.3 is 35.1 Å². The van der Waals surface area contributed by atoms with Crippen LogP contribution in [-0.2, 0) is 30.8 Å². The number of aromatic amines is 1. The number of nitrogens with one attached hydrogen (secondary N) is 3. The van der Waals surface area contributed by atoms with Gasteiger partial charge in [-0.05, 0) is 18.1 Å². The number of hydrogen-bond acceptors (Lipinski definition) is 11. The van der Waals surface area contributed by atoms with Crippen LogP contribution in [0.3, 0.4) is 0 Å². The highest BCUT2D eigenvalue weighted by atomic mass is 35.5. The van der Waals surface area contributed by atoms with Crippen molar-refractivity contribution in [2.75, 3.05) is 32.4 Å². The van der Waals surface area contributed by atoms with E-state index in [-0.39, 0.29) is 49.6 Å². The number of para-hydroxylation sites is 1. The maximum absolute atomic E-state index is 13.7. The zero-order chi connectivity index (χ0) is 33.2. The van der Waals surface area contributed by atoms with Gasteiger partial charge in [0.2, 0.25) is 15.5 Å². The Morgan fingerprint density at radius 3 is 2.58 bits per heavy atom. The molecule has 20 heteroatoms. The number of rotatable bonds is 10. The van der Waals surface area contributed by atoms with Gasteiger partial charge in [-0.1, -0.05) is 23.7 Å². The van der Waals surface area contributed by atoms with Gasteiger partial charge in [0, 0.05) is 44.6 Å². The number of piperazine rings is 1. The molecule has 0 saturated carbocycles. The number of aromatic nitrogens is 1. The zero-order valence-corrected chi connectivity index (χ0v) is 25.1. The van der Waals surface area contributed by atoms with E-state index in [0.29, 0.717) is 10.5 Å². The summed E-state index contributed by atoms with van der Waals surface area (Å²) in [6.45, 7) is -0.802. The molecule has 0 radical (unpaired) electrons. The lowest BCUT2D eigenvalue weighted by Crippen LogP contribution is -2.59. The molecule has 0 bridgehead atoms. The Morgan fingerprint density at radius 2 is 1.91 bits per heavy atom. The summed E-state index contributed by atoms with van der Waals surface area (Å²) in [5, 5.41) is 31.4. The second-order valence-electron chi connectivity index (χ2n) is 10.3. The fraction of sp³-hybridized carbons (Fsp3) is 0.360. The summed E-state index contributed by atoms with van der Waals surface area (Å²) in [4.78, 5) is 80.3. The van der Waals surface area contributed by atoms with Crippen LogP contribution in [0, 0.1) is 0 Å². The Hall–Kier alpha value is -4.46. The smallest absolute Gasteiger partial charge is 0.526 e. The number of carbonyl (C=O) groups is 5. The van der Waals surface area contributed by atoms with Gasteiger partial charge in [-0.2, -0.15) is 0 Å². The highest BCUT2D eigenvalue weighted by molar-refractivity contribution is 7.88. The number of ketones is 1. The van der Waals surface area contributed by atoms with Gasteiger partial charge in [-0.25, -0.2) is 22.7 Å². The molecule has 4 amide bonds. The first-order chi connectivity index (χ1) is 21.1. The monoisotopic (exact) mass is 667 g/mol. The first kappa shape index (κ1) is 33.4. The summed E-state index contributed by atoms with van der Waals surface area (Å²) < 4.78 is 30.2. The lowest BCUT2D eigenvalue weighted by atomic mass is 9.64. The molecule has 2 atom stereocenters. The van der Waals surface area contributed by atoms with E-state index < -0.39 is 81.2 Å². The normalized spacial score (nSPS) is 17.4. The van der Waals surface area contributed by atoms with E-state index >= 15 is 0 Å². The van der Waals surface area contributed by atoms with Gasteiger partial charge in [-0.3, -0.25) is 24.1 Å². The van der Waals surface area contributed by atoms with Crippen LogP contribution in [0.1, 0.15) is 34.1 Å². The number of sulfonamides is 1. The second kappa shape index (κ2) is 13.3. The van der Waals surface area contributed by atoms with E-state index in [2.05, 4.69) is 15.0 Å². The standard InChI is InChI=1S/C25H27BClN5O12S/c1-45(42,43)29-5-6-31-7-8-32(23(37)22(31)36)25(40)30-18(19-17(27)20(35)16(34)11-28-19)15(33)10-13-9-12-3-2-4-14(24(38)39)21(12)44-26(13)41/h2-4,11,13,18,29,34,41H,5-10H2,1H3,(H,28,35)(H,30,40)(H,38,39)/t13-,18+/m1/s1. The number of halogens is 1. The van der Waals surface area contributed by atoms with Crippen LogP contribution in [0.5, 0.6) is 11.5 Å². The fourth-order valence-electron chi connectivity index (χ4n) is 4.89. The molecular formula is C25H27BClN5O12S. The van der Waals surface area contributed by atoms with Crippen LogP contribution >= 0.6 is 11.6 Å². The quantitative estimate of drug-likeness (QED) is 0.130. The van der Waals surface area contributed by atoms with Crippen LogP contribution in [0.2, 0.25) is 10.8 Å². The third kappa shape index (κ3) is 7.44. The molecule has 1 aromatic heterocycles. The number of imide groups is 1. The molecular weight excluding hydrogens is 641 g/mol. The van der Waals surface area contributed by atoms with Crippen LogP contribution in [-0.4, -0.2) is 108 Å². The highest BCUT2D eigenvalue weighted by Gasteiger charge is 2.42. The molecule has 2 aliphatic heterocycles. The van der Waals surface area contributed by atoms with Gasteiger partial charge in [0.25, 0.3) is 0 Å². The number of urea groups is 1. The Kier molecular flexibility index (Phi) is 9.86. The molecule has 2 aromatic rings. The first-order valence-corrected chi connectivity index (χ1v) is 15.5. The van der Waals surface area contributed by atoms with Crippen molar-refractivity contribution in [2.45, 2.75) is 24.7 Å². The number of benzene rings is 1. The number of amides is 4. The summed E-state index contributed by atoms with van der Waals surface area (Å²) in [6.07, 6.45) is 1.24. The maximum atomic E-state index is 13.7. The average molecular weight is 668 g/mol. The van der Waals surface area contributed by atoms with E-state index in [9.17, 15) is 52.4 Å². The van der Waals surface area contributed by atoms with Crippen molar-refractivity contribution in [2.24, 2.45) is 0 Å². The molecule has 2 aliphatic rings. The largest absolute Gasteiger partial charge is 0.535 e. The lowest BCUT2D eigenvalue weighted by Gasteiger charge is -2.33. The number of H-pyrrole nitrogens is 1. The Labute approximate surface area is 260 Å². The molecule has 240 valence electrons. The van der Waals surface area contributed by atoms with Gasteiger partial charge >= 0.3 is 30.9 Å². The SMILES string of the molecule is CS(=O)(=O)NCCN1CCN(C(=O)N[C@@H](C(=O)C[C@H]2Cc3cccc(C(=O)O)c3OB2O)c2[nH]cc(O)c(=O)c2Cl)C(=O)C1=O. The number of carboxylic acid groups (broad SMARTS) is 1. The van der Waals surface area contributed by atoms with Crippen molar-refractivity contribution in [3.63, 3.8) is 0 Å². The third-order valence-corrected chi connectivity index (χ3v) is 8.23. The lowest BCUT2D eigenvalue weighted by molar-refractivity contribution is -0.153. The number of fused-ring (bicyclic) bond motifs is 1. The highest BCUT2D eigenvalue weighted by Crippen LogP contribution is 2.37. The molecule has 1 fully saturated rings. The molecule has 6 N–H and O–H groups in total. The first-order valence-electron chi connectivity index (χ1n) is 13.3. The van der Waals surface area contributed by atoms with E-state index in [1.807, 2.05) is 0 Å². The molecule has 0 unspecified atom stereocenters. The molecule has 4 rings (SSSR count). The summed E-state index contributed by atoms with van der Waals surface area (Å²) in [5.74, 6) is -6.30. The minimum Gasteiger partial charge on any atom is -0.535 e. The zero-order valence-electron chi connectivity index (χ0n) is 23.5. The molecule has 17 nitrogen and oxygen atoms in total. The van der Waals surface area contributed by atoms with E-state index in [0.717, 1.165) is 17.4 Å². The number of carboxylic acids is 1. The molecule has 1 saturated heterocycles. The summed E-state index contributed by atoms with van der Waals surface area (Å²) in [7, 11) is -5.19. The minimum atomic E-state index is -3.55. The van der Waals surface area contributed by atoms with Crippen LogP contribution in [0.15, 0.2) is 29.2 Å². The number of aromatic carboxylic acids is 1. The molecule has 3 heterocycles. The molecule has 0 aliphatic carbocycles. The number of pyridine rings is 1. The van der Waals surface area contributed by atoms with Crippen LogP contribution in [0.4, 0.5) is 4.79 Å². The van der Waals surface area contributed by atoms with Crippen LogP contribution in [0.25, 0.3) is 0 Å². The average Bonchev–Trinajstić information content (AvgIpc) is 2.96. The molecule has 45 heavy (non-hydrogen) atoms. The number of nitrogens with zero attached hydrogens (tertiary/aromatic N) is 2. The van der Waals surface area contributed by atoms with Crippen LogP contribution < -0.4 is 20.1 Å². The molecule has 1 aromatic carbocycles. The Bertz CT molecular complexity index is 1740. The van der Waals surface area contributed by atoms with Crippen molar-refractivity contribution >= 4 is 58.3 Å². The predicted molar refractivity (Wildman–Crippen MR) is 155 cm³/mol. The maximum Gasteiger partial charge on any atom is 0.526 e. The summed E-state index contributed by atoms with van der Waals surface area (Å²) in [5.41, 5.74) is -1.23. The number of aromatic hydroxyl groups is 1. The van der Waals surface area contributed by atoms with Gasteiger partial charge in [0.1, 0.15) is 16.8 Å². The van der Waals surface area contributed by atoms with Gasteiger partial charge in [-0.15, -0.1) is 0 Å². The van der Waals surface area contributed by atoms with Crippen molar-refractivity contribution in [1.29, 1.82) is 0 Å². The minimum absolute atomic E-state index is 0.00695. The number of Topliss-reactive ketones (excluding diaryl/α,β-unsaturated/α-hetero) is 1. The Balaban J connectivity index is 1.55.